The Bertz CT molecular complexity index is 1180. The molecule has 0 fully saturated rings. The first-order valence-electron chi connectivity index (χ1n) is 11.2. The maximum Gasteiger partial charge on any atom is 0.256 e. The molecule has 0 radical (unpaired) electrons. The highest BCUT2D eigenvalue weighted by Crippen LogP contribution is 2.39. The quantitative estimate of drug-likeness (QED) is 0.377. The van der Waals surface area contributed by atoms with Crippen molar-refractivity contribution in [3.63, 3.8) is 0 Å². The Morgan fingerprint density at radius 2 is 1.71 bits per heavy atom. The number of rotatable bonds is 7. The number of carbonyl (C=O) groups is 1. The molecule has 1 amide bonds. The zero-order chi connectivity index (χ0) is 24.2. The molecule has 0 aromatic heterocycles. The number of aryl methyl sites for hydroxylation is 1. The molecule has 1 atom stereocenters. The second kappa shape index (κ2) is 10.6. The van der Waals surface area contributed by atoms with Crippen LogP contribution in [-0.2, 0) is 12.8 Å². The van der Waals surface area contributed by atoms with Crippen molar-refractivity contribution >= 4 is 29.1 Å². The number of hydrogen-bond donors (Lipinski definition) is 0. The molecule has 1 aliphatic heterocycles. The largest absolute Gasteiger partial charge is 0.493 e. The molecule has 3 aromatic carbocycles. The summed E-state index contributed by atoms with van der Waals surface area (Å²) in [5, 5.41) is 0.809. The van der Waals surface area contributed by atoms with Gasteiger partial charge in [0.1, 0.15) is 12.4 Å². The van der Waals surface area contributed by atoms with Crippen molar-refractivity contribution in [3.8, 4) is 17.2 Å². The van der Waals surface area contributed by atoms with Crippen molar-refractivity contribution in [2.45, 2.75) is 25.8 Å². The molecule has 0 saturated carbocycles. The molecule has 0 aliphatic carbocycles. The van der Waals surface area contributed by atoms with Crippen LogP contribution in [0, 0.1) is 0 Å². The van der Waals surface area contributed by atoms with Crippen LogP contribution < -0.4 is 14.2 Å². The van der Waals surface area contributed by atoms with E-state index in [1.807, 2.05) is 29.2 Å². The Morgan fingerprint density at radius 3 is 2.35 bits per heavy atom. The van der Waals surface area contributed by atoms with E-state index in [0.29, 0.717) is 40.1 Å². The van der Waals surface area contributed by atoms with E-state index < -0.39 is 0 Å². The molecule has 0 unspecified atom stereocenters. The molecule has 5 nitrogen and oxygen atoms in total. The summed E-state index contributed by atoms with van der Waals surface area (Å²) in [5.41, 5.74) is 3.71. The fourth-order valence-corrected chi connectivity index (χ4v) is 4.75. The van der Waals surface area contributed by atoms with Crippen LogP contribution in [-0.4, -0.2) is 38.2 Å². The Labute approximate surface area is 210 Å². The van der Waals surface area contributed by atoms with Crippen molar-refractivity contribution in [3.05, 3.63) is 86.9 Å². The highest BCUT2D eigenvalue weighted by Gasteiger charge is 2.34. The summed E-state index contributed by atoms with van der Waals surface area (Å²) in [6.07, 6.45) is 1.64. The first-order chi connectivity index (χ1) is 16.4. The average Bonchev–Trinajstić information content (AvgIpc) is 2.86. The predicted molar refractivity (Wildman–Crippen MR) is 135 cm³/mol. The van der Waals surface area contributed by atoms with Crippen LogP contribution in [0.4, 0.5) is 0 Å². The molecule has 178 valence electrons. The normalized spacial score (nSPS) is 15.0. The maximum absolute atomic E-state index is 13.6. The summed E-state index contributed by atoms with van der Waals surface area (Å²) in [7, 11) is 3.22. The third kappa shape index (κ3) is 4.96. The van der Waals surface area contributed by atoms with Gasteiger partial charge in [-0.1, -0.05) is 42.3 Å². The second-order valence-corrected chi connectivity index (χ2v) is 8.95. The van der Waals surface area contributed by atoms with Gasteiger partial charge in [-0.05, 0) is 72.0 Å². The van der Waals surface area contributed by atoms with Crippen LogP contribution >= 0.6 is 23.2 Å². The minimum Gasteiger partial charge on any atom is -0.493 e. The molecule has 0 N–H and O–H groups in total. The smallest absolute Gasteiger partial charge is 0.256 e. The van der Waals surface area contributed by atoms with Crippen molar-refractivity contribution in [2.75, 3.05) is 27.4 Å². The van der Waals surface area contributed by atoms with E-state index in [4.69, 9.17) is 37.4 Å². The van der Waals surface area contributed by atoms with Gasteiger partial charge in [-0.3, -0.25) is 4.79 Å². The standard InChI is InChI=1S/C27H27Cl2NO4/c1-4-17-5-8-20(9-6-17)34-16-24-22-15-26(33-3)25(32-2)13-18(22)11-12-30(24)27(31)21-10-7-19(28)14-23(21)29/h5-10,13-15,24H,4,11-12,16H2,1-3H3/t24-/m0/s1. The maximum atomic E-state index is 13.6. The number of amides is 1. The van der Waals surface area contributed by atoms with E-state index in [9.17, 15) is 4.79 Å². The van der Waals surface area contributed by atoms with Gasteiger partial charge in [0.25, 0.3) is 5.91 Å². The van der Waals surface area contributed by atoms with Crippen LogP contribution in [0.15, 0.2) is 54.6 Å². The molecule has 34 heavy (non-hydrogen) atoms. The van der Waals surface area contributed by atoms with Crippen LogP contribution in [0.3, 0.4) is 0 Å². The fourth-order valence-electron chi connectivity index (χ4n) is 4.27. The lowest BCUT2D eigenvalue weighted by Gasteiger charge is -2.38. The van der Waals surface area contributed by atoms with Crippen molar-refractivity contribution < 1.29 is 19.0 Å². The van der Waals surface area contributed by atoms with E-state index in [0.717, 1.165) is 23.3 Å². The highest BCUT2D eigenvalue weighted by molar-refractivity contribution is 6.36. The highest BCUT2D eigenvalue weighted by atomic mass is 35.5. The fraction of sp³-hybridized carbons (Fsp3) is 0.296. The number of benzene rings is 3. The summed E-state index contributed by atoms with van der Waals surface area (Å²) < 4.78 is 17.2. The Hall–Kier alpha value is -2.89. The SMILES string of the molecule is CCc1ccc(OC[C@H]2c3cc(OC)c(OC)cc3CCN2C(=O)c2ccc(Cl)cc2Cl)cc1. The molecule has 1 heterocycles. The minimum atomic E-state index is -0.339. The van der Waals surface area contributed by atoms with E-state index in [1.165, 1.54) is 5.56 Å². The van der Waals surface area contributed by atoms with Crippen LogP contribution in [0.5, 0.6) is 17.2 Å². The van der Waals surface area contributed by atoms with E-state index >= 15 is 0 Å². The number of carbonyl (C=O) groups excluding carboxylic acids is 1. The molecule has 0 saturated heterocycles. The summed E-state index contributed by atoms with van der Waals surface area (Å²) in [5.74, 6) is 1.85. The third-order valence-corrected chi connectivity index (χ3v) is 6.71. The number of fused-ring (bicyclic) bond motifs is 1. The van der Waals surface area contributed by atoms with Gasteiger partial charge in [-0.15, -0.1) is 0 Å². The van der Waals surface area contributed by atoms with Crippen LogP contribution in [0.25, 0.3) is 0 Å². The Morgan fingerprint density at radius 1 is 1.00 bits per heavy atom. The second-order valence-electron chi connectivity index (χ2n) is 8.10. The van der Waals surface area contributed by atoms with E-state index in [1.54, 1.807) is 32.4 Å². The molecule has 7 heteroatoms. The molecule has 1 aliphatic rings. The number of halogens is 2. The van der Waals surface area contributed by atoms with Gasteiger partial charge in [0.15, 0.2) is 11.5 Å². The summed E-state index contributed by atoms with van der Waals surface area (Å²) in [4.78, 5) is 15.4. The summed E-state index contributed by atoms with van der Waals surface area (Å²) in [6, 6.07) is 16.5. The average molecular weight is 500 g/mol. The van der Waals surface area contributed by atoms with Gasteiger partial charge in [0.05, 0.1) is 30.8 Å². The number of hydrogen-bond acceptors (Lipinski definition) is 4. The lowest BCUT2D eigenvalue weighted by Crippen LogP contribution is -2.42. The van der Waals surface area contributed by atoms with Crippen molar-refractivity contribution in [2.24, 2.45) is 0 Å². The molecule has 0 bridgehead atoms. The van der Waals surface area contributed by atoms with E-state index in [-0.39, 0.29) is 18.6 Å². The first-order valence-corrected chi connectivity index (χ1v) is 11.9. The van der Waals surface area contributed by atoms with Crippen LogP contribution in [0.2, 0.25) is 10.0 Å². The van der Waals surface area contributed by atoms with Gasteiger partial charge < -0.3 is 19.1 Å². The molecule has 0 spiro atoms. The van der Waals surface area contributed by atoms with Crippen molar-refractivity contribution in [1.82, 2.24) is 4.90 Å². The summed E-state index contributed by atoms with van der Waals surface area (Å²) >= 11 is 12.4. The number of methoxy groups -OCH3 is 2. The van der Waals surface area contributed by atoms with Gasteiger partial charge in [-0.25, -0.2) is 0 Å². The molecular weight excluding hydrogens is 473 g/mol. The number of nitrogens with zero attached hydrogens (tertiary/aromatic N) is 1. The van der Waals surface area contributed by atoms with Gasteiger partial charge in [-0.2, -0.15) is 0 Å². The Kier molecular flexibility index (Phi) is 7.54. The predicted octanol–water partition coefficient (Wildman–Crippen LogP) is 6.39. The molecule has 4 rings (SSSR count). The van der Waals surface area contributed by atoms with Gasteiger partial charge in [0, 0.05) is 11.6 Å². The zero-order valence-electron chi connectivity index (χ0n) is 19.4. The lowest BCUT2D eigenvalue weighted by molar-refractivity contribution is 0.0589. The minimum absolute atomic E-state index is 0.169. The van der Waals surface area contributed by atoms with Crippen LogP contribution in [0.1, 0.15) is 40.0 Å². The third-order valence-electron chi connectivity index (χ3n) is 6.16. The van der Waals surface area contributed by atoms with Crippen molar-refractivity contribution in [1.29, 1.82) is 0 Å². The lowest BCUT2D eigenvalue weighted by atomic mass is 9.91. The topological polar surface area (TPSA) is 48.0 Å². The zero-order valence-corrected chi connectivity index (χ0v) is 20.9. The van der Waals surface area contributed by atoms with Gasteiger partial charge >= 0.3 is 0 Å². The Balaban J connectivity index is 1.70. The number of ether oxygens (including phenoxy) is 3. The molecule has 3 aromatic rings. The molecular formula is C27H27Cl2NO4. The van der Waals surface area contributed by atoms with Gasteiger partial charge in [0.2, 0.25) is 0 Å². The summed E-state index contributed by atoms with van der Waals surface area (Å²) in [6.45, 7) is 2.91. The monoisotopic (exact) mass is 499 g/mol. The first kappa shape index (κ1) is 24.2. The van der Waals surface area contributed by atoms with E-state index in [2.05, 4.69) is 19.1 Å².